The Morgan fingerprint density at radius 2 is 1.06 bits per heavy atom. The van der Waals surface area contributed by atoms with Crippen LogP contribution in [0, 0.1) is 0 Å². The molecule has 0 atom stereocenters. The van der Waals surface area contributed by atoms with E-state index in [0.717, 1.165) is 22.3 Å². The Bertz CT molecular complexity index is 1670. The summed E-state index contributed by atoms with van der Waals surface area (Å²) in [7, 11) is 0. The van der Waals surface area contributed by atoms with Gasteiger partial charge in [-0.05, 0) is 0 Å². The molecule has 164 valence electrons. The normalized spacial score (nSPS) is 15.5. The van der Waals surface area contributed by atoms with Crippen LogP contribution in [0.25, 0.3) is 0 Å². The van der Waals surface area contributed by atoms with Crippen LogP contribution in [0.4, 0.5) is 17.1 Å². The number of hydrogen-bond acceptors (Lipinski definition) is 2. The van der Waals surface area contributed by atoms with Crippen molar-refractivity contribution >= 4 is 46.7 Å². The second-order valence-electron chi connectivity index (χ2n) is 9.24. The molecule has 2 aliphatic heterocycles. The molecule has 3 aliphatic rings. The zero-order chi connectivity index (χ0) is 23.1. The van der Waals surface area contributed by atoms with E-state index in [9.17, 15) is 4.79 Å². The Hall–Kier alpha value is -3.91. The van der Waals surface area contributed by atoms with E-state index in [1.165, 1.54) is 37.1 Å². The topological polar surface area (TPSA) is 20.3 Å². The molecule has 3 heteroatoms. The predicted octanol–water partition coefficient (Wildman–Crippen LogP) is 5.37. The summed E-state index contributed by atoms with van der Waals surface area (Å²) in [4.78, 5) is 16.2. The van der Waals surface area contributed by atoms with Gasteiger partial charge >= 0.3 is 210 Å². The van der Waals surface area contributed by atoms with Crippen molar-refractivity contribution in [3.05, 3.63) is 149 Å². The fourth-order valence-electron chi connectivity index (χ4n) is 6.37. The van der Waals surface area contributed by atoms with Crippen LogP contribution in [0.1, 0.15) is 38.2 Å². The second-order valence-corrected chi connectivity index (χ2v) is 11.5. The zero-order valence-corrected chi connectivity index (χ0v) is 20.4. The van der Waals surface area contributed by atoms with Crippen molar-refractivity contribution in [2.75, 3.05) is 4.90 Å². The molecular formula is C32H19NOSe. The molecule has 0 amide bonds. The van der Waals surface area contributed by atoms with Gasteiger partial charge in [0.25, 0.3) is 0 Å². The molecule has 2 nitrogen and oxygen atoms in total. The molecule has 0 N–H and O–H groups in total. The van der Waals surface area contributed by atoms with Crippen LogP contribution >= 0.6 is 0 Å². The Kier molecular flexibility index (Phi) is 3.78. The Balaban J connectivity index is 1.60. The van der Waals surface area contributed by atoms with Gasteiger partial charge in [-0.25, -0.2) is 0 Å². The third-order valence-corrected chi connectivity index (χ3v) is 9.99. The van der Waals surface area contributed by atoms with Gasteiger partial charge in [0.05, 0.1) is 0 Å². The molecule has 0 saturated carbocycles. The van der Waals surface area contributed by atoms with E-state index in [4.69, 9.17) is 0 Å². The van der Waals surface area contributed by atoms with E-state index in [1.807, 2.05) is 24.3 Å². The minimum atomic E-state index is -0.554. The average molecular weight is 512 g/mol. The van der Waals surface area contributed by atoms with Gasteiger partial charge in [-0.15, -0.1) is 0 Å². The molecule has 2 heterocycles. The van der Waals surface area contributed by atoms with E-state index in [-0.39, 0.29) is 20.7 Å². The molecule has 0 fully saturated rings. The second kappa shape index (κ2) is 6.82. The van der Waals surface area contributed by atoms with Crippen LogP contribution in [-0.4, -0.2) is 20.7 Å². The number of ketones is 1. The molecule has 0 radical (unpaired) electrons. The van der Waals surface area contributed by atoms with Crippen molar-refractivity contribution in [3.63, 3.8) is 0 Å². The average Bonchev–Trinajstić information content (AvgIpc) is 2.92. The molecular weight excluding hydrogens is 493 g/mol. The molecule has 0 aromatic heterocycles. The van der Waals surface area contributed by atoms with Crippen LogP contribution in [0.3, 0.4) is 0 Å². The monoisotopic (exact) mass is 513 g/mol. The van der Waals surface area contributed by atoms with Gasteiger partial charge in [-0.3, -0.25) is 0 Å². The summed E-state index contributed by atoms with van der Waals surface area (Å²) in [6.07, 6.45) is 0. The van der Waals surface area contributed by atoms with Gasteiger partial charge in [0.1, 0.15) is 0 Å². The van der Waals surface area contributed by atoms with Crippen LogP contribution < -0.4 is 13.8 Å². The summed E-state index contributed by atoms with van der Waals surface area (Å²) < 4.78 is 2.78. The number of benzene rings is 5. The third-order valence-electron chi connectivity index (χ3n) is 7.65. The van der Waals surface area contributed by atoms with Crippen molar-refractivity contribution in [3.8, 4) is 0 Å². The molecule has 0 saturated heterocycles. The standard InChI is InChI=1S/C32H19NOSe/c34-31-20-10-1-3-12-22(20)32(23-13-4-2-11-21(23)31)24-14-5-6-16-26(24)33-27-17-7-8-18-28(27)35-29-19-9-15-25(32)30(29)33/h1-19H. The van der Waals surface area contributed by atoms with Crippen LogP contribution in [-0.2, 0) is 5.41 Å². The number of rotatable bonds is 0. The molecule has 0 bridgehead atoms. The number of carbonyl (C=O) groups is 1. The number of carbonyl (C=O) groups excluding carboxylic acids is 1. The van der Waals surface area contributed by atoms with Gasteiger partial charge in [0, 0.05) is 0 Å². The van der Waals surface area contributed by atoms with Crippen molar-refractivity contribution < 1.29 is 4.79 Å². The molecule has 35 heavy (non-hydrogen) atoms. The van der Waals surface area contributed by atoms with Crippen LogP contribution in [0.5, 0.6) is 0 Å². The van der Waals surface area contributed by atoms with Crippen molar-refractivity contribution in [1.82, 2.24) is 0 Å². The third kappa shape index (κ3) is 2.28. The van der Waals surface area contributed by atoms with Crippen LogP contribution in [0.15, 0.2) is 115 Å². The van der Waals surface area contributed by atoms with Crippen molar-refractivity contribution in [1.29, 1.82) is 0 Å². The van der Waals surface area contributed by atoms with Gasteiger partial charge in [-0.1, -0.05) is 0 Å². The Morgan fingerprint density at radius 1 is 0.514 bits per heavy atom. The van der Waals surface area contributed by atoms with Gasteiger partial charge in [0.2, 0.25) is 0 Å². The maximum absolute atomic E-state index is 13.7. The Labute approximate surface area is 210 Å². The first-order chi connectivity index (χ1) is 17.3. The van der Waals surface area contributed by atoms with E-state index >= 15 is 0 Å². The Morgan fingerprint density at radius 3 is 1.80 bits per heavy atom. The van der Waals surface area contributed by atoms with E-state index in [0.29, 0.717) is 0 Å². The van der Waals surface area contributed by atoms with Gasteiger partial charge in [0.15, 0.2) is 0 Å². The summed E-state index contributed by atoms with van der Waals surface area (Å²) in [6.45, 7) is 0. The van der Waals surface area contributed by atoms with Gasteiger partial charge < -0.3 is 0 Å². The number of para-hydroxylation sites is 3. The van der Waals surface area contributed by atoms with Crippen molar-refractivity contribution in [2.45, 2.75) is 5.41 Å². The number of nitrogens with zero attached hydrogens (tertiary/aromatic N) is 1. The van der Waals surface area contributed by atoms with Gasteiger partial charge in [-0.2, -0.15) is 0 Å². The summed E-state index contributed by atoms with van der Waals surface area (Å²) in [5, 5.41) is 0. The SMILES string of the molecule is O=C1c2ccccc2C2(c3ccccc31)c1ccccc1N1c3ccccc3[Se]c3cccc2c31. The summed E-state index contributed by atoms with van der Waals surface area (Å²) in [5.41, 5.74) is 9.43. The zero-order valence-electron chi connectivity index (χ0n) is 18.7. The van der Waals surface area contributed by atoms with E-state index in [1.54, 1.807) is 0 Å². The molecule has 5 aromatic carbocycles. The maximum atomic E-state index is 13.7. The minimum absolute atomic E-state index is 0.112. The molecule has 5 aromatic rings. The molecule has 8 rings (SSSR count). The quantitative estimate of drug-likeness (QED) is 0.255. The fourth-order valence-corrected chi connectivity index (χ4v) is 8.66. The number of fused-ring (bicyclic) bond motifs is 10. The summed E-state index contributed by atoms with van der Waals surface area (Å²) in [6, 6.07) is 40.8. The summed E-state index contributed by atoms with van der Waals surface area (Å²) >= 11 is 0.204. The first-order valence-corrected chi connectivity index (χ1v) is 13.5. The summed E-state index contributed by atoms with van der Waals surface area (Å²) in [5.74, 6) is 0.112. The first kappa shape index (κ1) is 19.4. The first-order valence-electron chi connectivity index (χ1n) is 11.8. The molecule has 1 aliphatic carbocycles. The molecule has 1 spiro atoms. The fraction of sp³-hybridized carbons (Fsp3) is 0.0312. The number of anilines is 3. The predicted molar refractivity (Wildman–Crippen MR) is 141 cm³/mol. The van der Waals surface area contributed by atoms with Crippen molar-refractivity contribution in [2.24, 2.45) is 0 Å². The number of hydrogen-bond donors (Lipinski definition) is 0. The van der Waals surface area contributed by atoms with E-state index < -0.39 is 5.41 Å². The van der Waals surface area contributed by atoms with E-state index in [2.05, 4.69) is 95.9 Å². The van der Waals surface area contributed by atoms with Crippen LogP contribution in [0.2, 0.25) is 0 Å². The molecule has 0 unspecified atom stereocenters.